The average molecular weight is 289 g/mol. The number of halogens is 1. The molecule has 0 saturated heterocycles. The monoisotopic (exact) mass is 288 g/mol. The standard InChI is InChI=1S/C13H20N2O3.ClH/c1-15(13(16)12(10-14)17-2)8-9-18-11-6-4-3-5-7-11;/h3-7,12H,8-10,14H2,1-2H3;1H. The van der Waals surface area contributed by atoms with Crippen LogP contribution in [0.2, 0.25) is 0 Å². The second kappa shape index (κ2) is 9.61. The molecule has 0 aliphatic carbocycles. The Morgan fingerprint density at radius 1 is 1.37 bits per heavy atom. The Morgan fingerprint density at radius 3 is 2.53 bits per heavy atom. The summed E-state index contributed by atoms with van der Waals surface area (Å²) in [6.45, 7) is 1.11. The summed E-state index contributed by atoms with van der Waals surface area (Å²) in [7, 11) is 3.18. The third kappa shape index (κ3) is 5.92. The second-order valence-electron chi connectivity index (χ2n) is 3.88. The molecule has 6 heteroatoms. The summed E-state index contributed by atoms with van der Waals surface area (Å²) in [5.41, 5.74) is 5.44. The van der Waals surface area contributed by atoms with Crippen LogP contribution in [0.15, 0.2) is 30.3 Å². The molecule has 1 aromatic carbocycles. The quantitative estimate of drug-likeness (QED) is 0.810. The number of hydrogen-bond donors (Lipinski definition) is 1. The smallest absolute Gasteiger partial charge is 0.252 e. The number of hydrogen-bond acceptors (Lipinski definition) is 4. The van der Waals surface area contributed by atoms with E-state index in [2.05, 4.69) is 0 Å². The maximum absolute atomic E-state index is 11.8. The van der Waals surface area contributed by atoms with Gasteiger partial charge in [-0.3, -0.25) is 4.79 Å². The van der Waals surface area contributed by atoms with E-state index in [0.717, 1.165) is 5.75 Å². The van der Waals surface area contributed by atoms with Crippen LogP contribution >= 0.6 is 12.4 Å². The summed E-state index contributed by atoms with van der Waals surface area (Å²) in [6.07, 6.45) is -0.577. The van der Waals surface area contributed by atoms with Gasteiger partial charge in [0.1, 0.15) is 18.5 Å². The molecule has 1 unspecified atom stereocenters. The number of likely N-dealkylation sites (N-methyl/N-ethyl adjacent to an activating group) is 1. The van der Waals surface area contributed by atoms with Crippen molar-refractivity contribution in [2.45, 2.75) is 6.10 Å². The summed E-state index contributed by atoms with van der Waals surface area (Å²) in [4.78, 5) is 13.4. The normalized spacial score (nSPS) is 11.3. The van der Waals surface area contributed by atoms with Crippen molar-refractivity contribution in [3.05, 3.63) is 30.3 Å². The molecule has 108 valence electrons. The topological polar surface area (TPSA) is 64.8 Å². The highest BCUT2D eigenvalue weighted by Crippen LogP contribution is 2.07. The highest BCUT2D eigenvalue weighted by Gasteiger charge is 2.19. The van der Waals surface area contributed by atoms with Crippen LogP contribution in [0.1, 0.15) is 0 Å². The van der Waals surface area contributed by atoms with Gasteiger partial charge in [0.25, 0.3) is 5.91 Å². The molecule has 1 rings (SSSR count). The molecule has 1 amide bonds. The predicted molar refractivity (Wildman–Crippen MR) is 76.7 cm³/mol. The van der Waals surface area contributed by atoms with Crippen molar-refractivity contribution in [3.8, 4) is 5.75 Å². The van der Waals surface area contributed by atoms with Crippen LogP contribution in [-0.2, 0) is 9.53 Å². The van der Waals surface area contributed by atoms with E-state index in [1.807, 2.05) is 30.3 Å². The Balaban J connectivity index is 0.00000324. The first-order valence-corrected chi connectivity index (χ1v) is 5.84. The first kappa shape index (κ1) is 17.7. The lowest BCUT2D eigenvalue weighted by molar-refractivity contribution is -0.140. The van der Waals surface area contributed by atoms with Crippen molar-refractivity contribution in [1.29, 1.82) is 0 Å². The summed E-state index contributed by atoms with van der Waals surface area (Å²) < 4.78 is 10.5. The van der Waals surface area contributed by atoms with E-state index in [-0.39, 0.29) is 24.9 Å². The SMILES string of the molecule is COC(CN)C(=O)N(C)CCOc1ccccc1.Cl. The predicted octanol–water partition coefficient (Wildman–Crippen LogP) is 0.919. The lowest BCUT2D eigenvalue weighted by Gasteiger charge is -2.21. The van der Waals surface area contributed by atoms with Gasteiger partial charge in [0.2, 0.25) is 0 Å². The molecule has 0 aliphatic rings. The molecule has 0 heterocycles. The zero-order valence-electron chi connectivity index (χ0n) is 11.2. The lowest BCUT2D eigenvalue weighted by atomic mass is 10.3. The van der Waals surface area contributed by atoms with E-state index in [1.165, 1.54) is 7.11 Å². The highest BCUT2D eigenvalue weighted by atomic mass is 35.5. The Hall–Kier alpha value is -1.30. The molecule has 1 atom stereocenters. The number of methoxy groups -OCH3 is 1. The van der Waals surface area contributed by atoms with Gasteiger partial charge >= 0.3 is 0 Å². The minimum absolute atomic E-state index is 0. The molecule has 5 nitrogen and oxygen atoms in total. The fourth-order valence-corrected chi connectivity index (χ4v) is 1.47. The molecule has 19 heavy (non-hydrogen) atoms. The van der Waals surface area contributed by atoms with Crippen molar-refractivity contribution in [2.75, 3.05) is 33.9 Å². The summed E-state index contributed by atoms with van der Waals surface area (Å²) in [5, 5.41) is 0. The molecule has 2 N–H and O–H groups in total. The van der Waals surface area contributed by atoms with Crippen molar-refractivity contribution in [2.24, 2.45) is 5.73 Å². The van der Waals surface area contributed by atoms with Crippen molar-refractivity contribution in [3.63, 3.8) is 0 Å². The molecule has 0 fully saturated rings. The number of benzene rings is 1. The molecule has 1 aromatic rings. The fraction of sp³-hybridized carbons (Fsp3) is 0.462. The Bertz CT molecular complexity index is 358. The van der Waals surface area contributed by atoms with Gasteiger partial charge in [0.05, 0.1) is 6.54 Å². The van der Waals surface area contributed by atoms with Crippen LogP contribution in [0.3, 0.4) is 0 Å². The molecule has 0 aromatic heterocycles. The number of para-hydroxylation sites is 1. The number of nitrogens with zero attached hydrogens (tertiary/aromatic N) is 1. The van der Waals surface area contributed by atoms with Crippen molar-refractivity contribution in [1.82, 2.24) is 4.90 Å². The van der Waals surface area contributed by atoms with Crippen LogP contribution in [0.25, 0.3) is 0 Å². The first-order valence-electron chi connectivity index (χ1n) is 5.84. The maximum atomic E-state index is 11.8. The number of ether oxygens (including phenoxy) is 2. The largest absolute Gasteiger partial charge is 0.492 e. The minimum atomic E-state index is -0.577. The van der Waals surface area contributed by atoms with E-state index >= 15 is 0 Å². The lowest BCUT2D eigenvalue weighted by Crippen LogP contribution is -2.43. The minimum Gasteiger partial charge on any atom is -0.492 e. The zero-order chi connectivity index (χ0) is 13.4. The Morgan fingerprint density at radius 2 is 2.00 bits per heavy atom. The third-order valence-electron chi connectivity index (χ3n) is 2.59. The molecule has 0 saturated carbocycles. The summed E-state index contributed by atoms with van der Waals surface area (Å²) >= 11 is 0. The van der Waals surface area contributed by atoms with Gasteiger partial charge < -0.3 is 20.1 Å². The third-order valence-corrected chi connectivity index (χ3v) is 2.59. The van der Waals surface area contributed by atoms with Gasteiger partial charge in [0, 0.05) is 20.7 Å². The van der Waals surface area contributed by atoms with E-state index in [1.54, 1.807) is 11.9 Å². The van der Waals surface area contributed by atoms with E-state index in [9.17, 15) is 4.79 Å². The summed E-state index contributed by atoms with van der Waals surface area (Å²) in [5.74, 6) is 0.664. The number of carbonyl (C=O) groups is 1. The fourth-order valence-electron chi connectivity index (χ4n) is 1.47. The molecular formula is C13H21ClN2O3. The number of carbonyl (C=O) groups excluding carboxylic acids is 1. The number of rotatable bonds is 7. The van der Waals surface area contributed by atoms with Crippen molar-refractivity contribution >= 4 is 18.3 Å². The first-order chi connectivity index (χ1) is 8.69. The van der Waals surface area contributed by atoms with Crippen LogP contribution < -0.4 is 10.5 Å². The van der Waals surface area contributed by atoms with Crippen LogP contribution in [0.5, 0.6) is 5.75 Å². The highest BCUT2D eigenvalue weighted by molar-refractivity contribution is 5.85. The van der Waals surface area contributed by atoms with Gasteiger partial charge in [-0.25, -0.2) is 0 Å². The van der Waals surface area contributed by atoms with Crippen LogP contribution in [0, 0.1) is 0 Å². The van der Waals surface area contributed by atoms with Gasteiger partial charge in [0.15, 0.2) is 0 Å². The van der Waals surface area contributed by atoms with E-state index in [0.29, 0.717) is 13.2 Å². The van der Waals surface area contributed by atoms with Gasteiger partial charge in [-0.2, -0.15) is 0 Å². The zero-order valence-corrected chi connectivity index (χ0v) is 12.1. The van der Waals surface area contributed by atoms with Crippen LogP contribution in [0.4, 0.5) is 0 Å². The Kier molecular flexibility index (Phi) is 8.95. The molecule has 0 aliphatic heterocycles. The van der Waals surface area contributed by atoms with Crippen molar-refractivity contribution < 1.29 is 14.3 Å². The summed E-state index contributed by atoms with van der Waals surface area (Å²) in [6, 6.07) is 9.48. The van der Waals surface area contributed by atoms with Gasteiger partial charge in [-0.1, -0.05) is 18.2 Å². The molecular weight excluding hydrogens is 268 g/mol. The number of nitrogens with two attached hydrogens (primary N) is 1. The van der Waals surface area contributed by atoms with Gasteiger partial charge in [-0.05, 0) is 12.1 Å². The van der Waals surface area contributed by atoms with Gasteiger partial charge in [-0.15, -0.1) is 12.4 Å². The molecule has 0 spiro atoms. The van der Waals surface area contributed by atoms with E-state index in [4.69, 9.17) is 15.2 Å². The Labute approximate surface area is 120 Å². The number of amides is 1. The van der Waals surface area contributed by atoms with E-state index < -0.39 is 6.10 Å². The van der Waals surface area contributed by atoms with Crippen LogP contribution in [-0.4, -0.2) is 50.8 Å². The molecule has 0 radical (unpaired) electrons. The second-order valence-corrected chi connectivity index (χ2v) is 3.88. The average Bonchev–Trinajstić information content (AvgIpc) is 2.41. The molecule has 0 bridgehead atoms. The maximum Gasteiger partial charge on any atom is 0.252 e.